The predicted octanol–water partition coefficient (Wildman–Crippen LogP) is 4.82. The number of carbonyl (C=O) groups excluding carboxylic acids is 6. The summed E-state index contributed by atoms with van der Waals surface area (Å²) in [4.78, 5) is 81.7. The Hall–Kier alpha value is -5.25. The Morgan fingerprint density at radius 1 is 0.661 bits per heavy atom. The van der Waals surface area contributed by atoms with Crippen LogP contribution in [-0.4, -0.2) is 86.9 Å². The number of benzene rings is 3. The number of hydrogen-bond donors (Lipinski definition) is 5. The van der Waals surface area contributed by atoms with Crippen molar-refractivity contribution in [3.8, 4) is 0 Å². The van der Waals surface area contributed by atoms with Gasteiger partial charge in [0.15, 0.2) is 0 Å². The van der Waals surface area contributed by atoms with Crippen molar-refractivity contribution in [1.82, 2.24) is 25.6 Å². The number of nitrogens with zero attached hydrogens (tertiary/aromatic N) is 1. The molecule has 3 atom stereocenters. The summed E-state index contributed by atoms with van der Waals surface area (Å²) in [6.07, 6.45) is 11.5. The van der Waals surface area contributed by atoms with E-state index >= 15 is 0 Å². The second-order valence-electron chi connectivity index (χ2n) is 16.3. The Labute approximate surface area is 365 Å². The number of hydrogen-bond acceptors (Lipinski definition) is 9. The summed E-state index contributed by atoms with van der Waals surface area (Å²) >= 11 is 0. The molecule has 0 aromatic heterocycles. The molecule has 62 heavy (non-hydrogen) atoms. The number of amides is 5. The molecule has 14 nitrogen and oxygen atoms in total. The number of carbonyl (C=O) groups is 6. The summed E-state index contributed by atoms with van der Waals surface area (Å²) in [6.45, 7) is 0.477. The Morgan fingerprint density at radius 2 is 1.23 bits per heavy atom. The number of nitrogens with two attached hydrogens (primary N) is 1. The van der Waals surface area contributed by atoms with Crippen LogP contribution in [0.2, 0.25) is 0 Å². The van der Waals surface area contributed by atoms with Crippen LogP contribution in [0.5, 0.6) is 0 Å². The van der Waals surface area contributed by atoms with Gasteiger partial charge in [-0.1, -0.05) is 106 Å². The van der Waals surface area contributed by atoms with Gasteiger partial charge in [-0.05, 0) is 87.2 Å². The van der Waals surface area contributed by atoms with Crippen LogP contribution in [0, 0.1) is 11.8 Å². The van der Waals surface area contributed by atoms with E-state index in [4.69, 9.17) is 5.73 Å². The molecule has 5 amide bonds. The molecule has 1 aliphatic heterocycles. The van der Waals surface area contributed by atoms with E-state index in [1.807, 2.05) is 6.07 Å². The maximum atomic E-state index is 14.1. The summed E-state index contributed by atoms with van der Waals surface area (Å²) in [7, 11) is -3.82. The fraction of sp³-hybridized carbons (Fsp3) is 0.489. The Morgan fingerprint density at radius 3 is 1.87 bits per heavy atom. The number of sulfonamides is 1. The molecule has 0 radical (unpaired) electrons. The van der Waals surface area contributed by atoms with Gasteiger partial charge < -0.3 is 21.7 Å². The minimum absolute atomic E-state index is 0.0242. The molecular weight excluding hydrogens is 809 g/mol. The highest BCUT2D eigenvalue weighted by molar-refractivity contribution is 7.89. The molecule has 6 N–H and O–H groups in total. The van der Waals surface area contributed by atoms with E-state index in [0.29, 0.717) is 55.5 Å². The largest absolute Gasteiger partial charge is 0.348 e. The van der Waals surface area contributed by atoms with Crippen molar-refractivity contribution in [2.45, 2.75) is 113 Å². The van der Waals surface area contributed by atoms with Crippen molar-refractivity contribution < 1.29 is 37.2 Å². The molecule has 0 saturated heterocycles. The van der Waals surface area contributed by atoms with E-state index in [0.717, 1.165) is 64.2 Å². The maximum absolute atomic E-state index is 14.1. The van der Waals surface area contributed by atoms with Crippen molar-refractivity contribution >= 4 is 45.3 Å². The molecule has 3 aromatic rings. The van der Waals surface area contributed by atoms with E-state index in [-0.39, 0.29) is 54.0 Å². The van der Waals surface area contributed by atoms with Crippen molar-refractivity contribution in [1.29, 1.82) is 0 Å². The van der Waals surface area contributed by atoms with Gasteiger partial charge in [-0.25, -0.2) is 13.1 Å². The van der Waals surface area contributed by atoms with Gasteiger partial charge in [0.05, 0.1) is 16.0 Å². The Kier molecular flexibility index (Phi) is 18.8. The van der Waals surface area contributed by atoms with Crippen LogP contribution < -0.4 is 26.4 Å². The number of unbranched alkanes of at least 4 members (excludes halogenated alkanes) is 6. The fourth-order valence-corrected chi connectivity index (χ4v) is 9.44. The molecule has 1 aliphatic carbocycles. The van der Waals surface area contributed by atoms with Gasteiger partial charge in [-0.2, -0.15) is 0 Å². The normalized spacial score (nSPS) is 15.5. The standard InChI is InChI=1S/C47H62N6O8S/c48-29-17-16-28-40(44(56)52-41(33-34-19-7-5-8-20-34)42(54)45(57)49-30-31-50-62(60,61)36-23-9-6-10-24-36)51-43(55)37(35-21-12-13-22-35)25-11-3-1-2-4-18-32-53-46(58)38-26-14-15-27-39(38)47(53)59/h5-10,14-15,19-20,23-24,26-27,35,37,40-41,50H,1-4,11-13,16-18,21-22,25,28-33,48H2,(H,49,57)(H,51,55)(H,52,56). The lowest BCUT2D eigenvalue weighted by Crippen LogP contribution is -2.55. The minimum Gasteiger partial charge on any atom is -0.348 e. The van der Waals surface area contributed by atoms with E-state index in [1.54, 1.807) is 66.7 Å². The maximum Gasteiger partial charge on any atom is 0.289 e. The molecule has 0 spiro atoms. The van der Waals surface area contributed by atoms with Crippen molar-refractivity contribution in [3.05, 3.63) is 102 Å². The smallest absolute Gasteiger partial charge is 0.289 e. The molecule has 3 unspecified atom stereocenters. The van der Waals surface area contributed by atoms with Crippen LogP contribution in [0.1, 0.15) is 116 Å². The second-order valence-corrected chi connectivity index (χ2v) is 18.1. The van der Waals surface area contributed by atoms with Gasteiger partial charge in [-0.15, -0.1) is 0 Å². The van der Waals surface area contributed by atoms with Crippen molar-refractivity contribution in [2.75, 3.05) is 26.2 Å². The molecule has 15 heteroatoms. The number of Topliss-reactive ketones (excluding diaryl/α,β-unsaturated/α-hetero) is 1. The van der Waals surface area contributed by atoms with E-state index in [2.05, 4.69) is 20.7 Å². The van der Waals surface area contributed by atoms with Crippen LogP contribution >= 0.6 is 0 Å². The van der Waals surface area contributed by atoms with Crippen molar-refractivity contribution in [3.63, 3.8) is 0 Å². The first-order valence-corrected chi connectivity index (χ1v) is 23.6. The van der Waals surface area contributed by atoms with E-state index in [1.165, 1.54) is 17.0 Å². The highest BCUT2D eigenvalue weighted by Crippen LogP contribution is 2.35. The van der Waals surface area contributed by atoms with Crippen LogP contribution in [0.3, 0.4) is 0 Å². The van der Waals surface area contributed by atoms with Gasteiger partial charge in [0, 0.05) is 32.0 Å². The topological polar surface area (TPSA) is 214 Å². The molecule has 3 aromatic carbocycles. The molecular formula is C47H62N6O8S. The van der Waals surface area contributed by atoms with E-state index in [9.17, 15) is 37.2 Å². The van der Waals surface area contributed by atoms with Gasteiger partial charge in [0.2, 0.25) is 27.6 Å². The molecule has 2 aliphatic rings. The summed E-state index contributed by atoms with van der Waals surface area (Å²) in [5.41, 5.74) is 7.42. The van der Waals surface area contributed by atoms with E-state index < -0.39 is 39.7 Å². The zero-order valence-corrected chi connectivity index (χ0v) is 36.3. The number of nitrogens with one attached hydrogen (secondary N) is 4. The first-order valence-electron chi connectivity index (χ1n) is 22.2. The quantitative estimate of drug-likeness (QED) is 0.0403. The fourth-order valence-electron chi connectivity index (χ4n) is 8.39. The molecule has 1 fully saturated rings. The first kappa shape index (κ1) is 47.8. The highest BCUT2D eigenvalue weighted by atomic mass is 32.2. The van der Waals surface area contributed by atoms with Crippen molar-refractivity contribution in [2.24, 2.45) is 17.6 Å². The summed E-state index contributed by atoms with van der Waals surface area (Å²) < 4.78 is 27.6. The zero-order chi connectivity index (χ0) is 44.3. The van der Waals surface area contributed by atoms with Gasteiger partial charge in [0.1, 0.15) is 12.1 Å². The molecule has 1 saturated carbocycles. The Balaban J connectivity index is 1.14. The lowest BCUT2D eigenvalue weighted by molar-refractivity contribution is -0.140. The monoisotopic (exact) mass is 870 g/mol. The molecule has 1 heterocycles. The number of imide groups is 1. The third kappa shape index (κ3) is 13.9. The SMILES string of the molecule is NCCCCC(NC(=O)C(CCCCCCCCN1C(=O)c2ccccc2C1=O)C1CCCC1)C(=O)NC(Cc1ccccc1)C(=O)C(=O)NCCNS(=O)(=O)c1ccccc1. The molecule has 334 valence electrons. The van der Waals surface area contributed by atoms with Crippen LogP contribution in [0.25, 0.3) is 0 Å². The molecule has 0 bridgehead atoms. The zero-order valence-electron chi connectivity index (χ0n) is 35.5. The van der Waals surface area contributed by atoms with Crippen LogP contribution in [-0.2, 0) is 35.6 Å². The van der Waals surface area contributed by atoms with Gasteiger partial charge in [-0.3, -0.25) is 33.7 Å². The Bertz CT molecular complexity index is 2040. The summed E-state index contributed by atoms with van der Waals surface area (Å²) in [5, 5.41) is 8.30. The lowest BCUT2D eigenvalue weighted by atomic mass is 9.85. The number of ketones is 1. The van der Waals surface area contributed by atoms with Gasteiger partial charge in [0.25, 0.3) is 17.7 Å². The molecule has 5 rings (SSSR count). The average molecular weight is 871 g/mol. The predicted molar refractivity (Wildman–Crippen MR) is 236 cm³/mol. The summed E-state index contributed by atoms with van der Waals surface area (Å²) in [5.74, 6) is -3.16. The second kappa shape index (κ2) is 24.4. The lowest BCUT2D eigenvalue weighted by Gasteiger charge is -2.27. The number of rotatable bonds is 27. The average Bonchev–Trinajstić information content (AvgIpc) is 3.90. The third-order valence-electron chi connectivity index (χ3n) is 11.8. The van der Waals surface area contributed by atoms with Gasteiger partial charge >= 0.3 is 0 Å². The number of fused-ring (bicyclic) bond motifs is 1. The first-order chi connectivity index (χ1) is 30.0. The minimum atomic E-state index is -3.82. The van der Waals surface area contributed by atoms with Crippen LogP contribution in [0.4, 0.5) is 0 Å². The van der Waals surface area contributed by atoms with Crippen LogP contribution in [0.15, 0.2) is 89.8 Å². The third-order valence-corrected chi connectivity index (χ3v) is 13.3. The summed E-state index contributed by atoms with van der Waals surface area (Å²) in [6, 6.07) is 21.4. The highest BCUT2D eigenvalue weighted by Gasteiger charge is 2.36.